The van der Waals surface area contributed by atoms with Gasteiger partial charge in [0.15, 0.2) is 0 Å². The first kappa shape index (κ1) is 47.2. The van der Waals surface area contributed by atoms with E-state index in [0.717, 1.165) is 64.2 Å². The molecule has 0 saturated heterocycles. The normalized spacial score (nSPS) is 13.9. The molecule has 0 amide bonds. The zero-order valence-electron chi connectivity index (χ0n) is 44.6. The number of fused-ring (bicyclic) bond motifs is 10. The van der Waals surface area contributed by atoms with Crippen molar-refractivity contribution >= 4 is 43.1 Å². The van der Waals surface area contributed by atoms with Crippen molar-refractivity contribution in [2.75, 3.05) is 0 Å². The van der Waals surface area contributed by atoms with Crippen LogP contribution in [-0.2, 0) is 17.3 Å². The Morgan fingerprint density at radius 2 is 0.533 bits per heavy atom. The fourth-order valence-corrected chi connectivity index (χ4v) is 15.1. The quantitative estimate of drug-likeness (QED) is 0.0953. The van der Waals surface area contributed by atoms with Crippen LogP contribution in [0.3, 0.4) is 0 Å². The van der Waals surface area contributed by atoms with Crippen molar-refractivity contribution < 1.29 is 0 Å². The van der Waals surface area contributed by atoms with E-state index in [0.29, 0.717) is 0 Å². The van der Waals surface area contributed by atoms with Gasteiger partial charge in [-0.1, -0.05) is 249 Å². The summed E-state index contributed by atoms with van der Waals surface area (Å²) in [5, 5.41) is 10.5. The molecule has 13 rings (SSSR count). The van der Waals surface area contributed by atoms with E-state index in [-0.39, 0.29) is 10.8 Å². The summed E-state index contributed by atoms with van der Waals surface area (Å²) < 4.78 is 0. The fraction of sp³-hybridized carbons (Fsp3) is 0.227. The van der Waals surface area contributed by atoms with Crippen molar-refractivity contribution in [2.24, 2.45) is 0 Å². The first-order valence-electron chi connectivity index (χ1n) is 28.5. The van der Waals surface area contributed by atoms with Gasteiger partial charge in [-0.05, 0) is 188 Å². The summed E-state index contributed by atoms with van der Waals surface area (Å²) in [6.07, 6.45) is 11.3. The second kappa shape index (κ2) is 19.0. The predicted molar refractivity (Wildman–Crippen MR) is 324 cm³/mol. The SMILES string of the molecule is CCCc1ccc(-c2c3ccccc3c(-c3ccc4c(c3)C(CCC)(CCC)c3cc(-c5c6ccccc6c(-c6ccc7c(c6)C(CCC)(CCC)c6ccccc6-7)c6ccccc56)ccc3-4)c3ccccc23)cc1. The minimum atomic E-state index is -0.122. The van der Waals surface area contributed by atoms with Gasteiger partial charge < -0.3 is 0 Å². The molecule has 0 saturated carbocycles. The molecule has 0 nitrogen and oxygen atoms in total. The highest BCUT2D eigenvalue weighted by molar-refractivity contribution is 6.23. The van der Waals surface area contributed by atoms with Gasteiger partial charge in [-0.15, -0.1) is 0 Å². The summed E-state index contributed by atoms with van der Waals surface area (Å²) in [5.41, 5.74) is 23.5. The Hall–Kier alpha value is -7.54. The minimum Gasteiger partial charge on any atom is -0.0653 e. The van der Waals surface area contributed by atoms with Crippen molar-refractivity contribution in [1.82, 2.24) is 0 Å². The highest BCUT2D eigenvalue weighted by Crippen LogP contribution is 2.58. The monoisotopic (exact) mass is 969 g/mol. The van der Waals surface area contributed by atoms with E-state index < -0.39 is 0 Å². The second-order valence-electron chi connectivity index (χ2n) is 22.1. The molecule has 11 aromatic rings. The lowest BCUT2D eigenvalue weighted by Crippen LogP contribution is -2.25. The summed E-state index contributed by atoms with van der Waals surface area (Å²) in [5.74, 6) is 0. The molecule has 0 heteroatoms. The zero-order chi connectivity index (χ0) is 50.8. The maximum atomic E-state index is 2.63. The molecule has 0 atom stereocenters. The molecule has 0 N–H and O–H groups in total. The summed E-state index contributed by atoms with van der Waals surface area (Å²) in [4.78, 5) is 0. The van der Waals surface area contributed by atoms with E-state index in [4.69, 9.17) is 0 Å². The van der Waals surface area contributed by atoms with Gasteiger partial charge in [-0.25, -0.2) is 0 Å². The Morgan fingerprint density at radius 3 is 0.867 bits per heavy atom. The van der Waals surface area contributed by atoms with E-state index >= 15 is 0 Å². The molecule has 2 aliphatic carbocycles. The van der Waals surface area contributed by atoms with E-state index in [2.05, 4.69) is 235 Å². The Labute approximate surface area is 445 Å². The molecular formula is C75H68. The lowest BCUT2D eigenvalue weighted by Gasteiger charge is -2.33. The molecule has 0 spiro atoms. The smallest absolute Gasteiger partial charge is 0.0215 e. The molecule has 75 heavy (non-hydrogen) atoms. The molecule has 0 bridgehead atoms. The third-order valence-corrected chi connectivity index (χ3v) is 17.8. The second-order valence-corrected chi connectivity index (χ2v) is 22.1. The molecular weight excluding hydrogens is 901 g/mol. The molecule has 0 aromatic heterocycles. The highest BCUT2D eigenvalue weighted by atomic mass is 14.5. The first-order chi connectivity index (χ1) is 37.0. The van der Waals surface area contributed by atoms with Crippen LogP contribution in [0.1, 0.15) is 120 Å². The van der Waals surface area contributed by atoms with Gasteiger partial charge in [0.25, 0.3) is 0 Å². The van der Waals surface area contributed by atoms with E-state index in [9.17, 15) is 0 Å². The maximum absolute atomic E-state index is 2.63. The van der Waals surface area contributed by atoms with Gasteiger partial charge >= 0.3 is 0 Å². The maximum Gasteiger partial charge on any atom is 0.0215 e. The fourth-order valence-electron chi connectivity index (χ4n) is 15.1. The van der Waals surface area contributed by atoms with E-state index in [1.807, 2.05) is 0 Å². The zero-order valence-corrected chi connectivity index (χ0v) is 44.6. The summed E-state index contributed by atoms with van der Waals surface area (Å²) in [7, 11) is 0. The van der Waals surface area contributed by atoms with Crippen molar-refractivity contribution in [1.29, 1.82) is 0 Å². The van der Waals surface area contributed by atoms with Gasteiger partial charge in [0.1, 0.15) is 0 Å². The minimum absolute atomic E-state index is 0.0243. The summed E-state index contributed by atoms with van der Waals surface area (Å²) in [6, 6.07) is 78.1. The van der Waals surface area contributed by atoms with Crippen LogP contribution < -0.4 is 0 Å². The molecule has 2 aliphatic rings. The number of rotatable bonds is 14. The van der Waals surface area contributed by atoms with Crippen LogP contribution >= 0.6 is 0 Å². The lowest BCUT2D eigenvalue weighted by molar-refractivity contribution is 0.436. The molecule has 0 fully saturated rings. The number of aryl methyl sites for hydroxylation is 1. The van der Waals surface area contributed by atoms with E-state index in [1.54, 1.807) is 0 Å². The van der Waals surface area contributed by atoms with Crippen LogP contribution in [0, 0.1) is 0 Å². The van der Waals surface area contributed by atoms with Crippen LogP contribution in [-0.4, -0.2) is 0 Å². The van der Waals surface area contributed by atoms with Gasteiger partial charge in [0, 0.05) is 10.8 Å². The Bertz CT molecular complexity index is 3880. The third-order valence-electron chi connectivity index (χ3n) is 17.8. The van der Waals surface area contributed by atoms with Crippen molar-refractivity contribution in [2.45, 2.75) is 110 Å². The largest absolute Gasteiger partial charge is 0.0653 e. The van der Waals surface area contributed by atoms with Gasteiger partial charge in [0.05, 0.1) is 0 Å². The Kier molecular flexibility index (Phi) is 11.9. The van der Waals surface area contributed by atoms with E-state index in [1.165, 1.54) is 138 Å². The summed E-state index contributed by atoms with van der Waals surface area (Å²) in [6.45, 7) is 11.8. The lowest BCUT2D eigenvalue weighted by atomic mass is 9.70. The topological polar surface area (TPSA) is 0 Å². The molecule has 11 aromatic carbocycles. The van der Waals surface area contributed by atoms with Crippen LogP contribution in [0.15, 0.2) is 200 Å². The molecule has 0 unspecified atom stereocenters. The van der Waals surface area contributed by atoms with Crippen LogP contribution in [0.5, 0.6) is 0 Å². The van der Waals surface area contributed by atoms with Crippen molar-refractivity contribution in [3.63, 3.8) is 0 Å². The Morgan fingerprint density at radius 1 is 0.253 bits per heavy atom. The first-order valence-corrected chi connectivity index (χ1v) is 28.5. The van der Waals surface area contributed by atoms with Gasteiger partial charge in [-0.2, -0.15) is 0 Å². The Balaban J connectivity index is 0.983. The number of hydrogen-bond donors (Lipinski definition) is 0. The van der Waals surface area contributed by atoms with Gasteiger partial charge in [0.2, 0.25) is 0 Å². The van der Waals surface area contributed by atoms with Crippen LogP contribution in [0.25, 0.3) is 110 Å². The molecule has 0 heterocycles. The average Bonchev–Trinajstić information content (AvgIpc) is 3.92. The predicted octanol–water partition coefficient (Wildman–Crippen LogP) is 21.7. The standard InChI is InChI=1S/C75H68/c1-6-21-49-32-34-50(35-33-49)70-58-23-11-13-25-60(58)71(61-26-14-12-24-59(61)70)52-37-40-56-57-41-38-53(48-69(57)75(44-9-4,45-10-5)68(56)47-52)73-64-29-17-15-27-62(64)72(63-28-16-18-30-65(63)73)51-36-39-55-54-22-19-20-31-66(54)74(42-7-2,43-8-3)67(55)46-51/h11-20,22-41,46-48H,6-10,21,42-45H2,1-5H3. The van der Waals surface area contributed by atoms with Crippen molar-refractivity contribution in [3.8, 4) is 66.8 Å². The molecule has 0 aliphatic heterocycles. The van der Waals surface area contributed by atoms with Crippen LogP contribution in [0.2, 0.25) is 0 Å². The highest BCUT2D eigenvalue weighted by Gasteiger charge is 2.44. The average molecular weight is 969 g/mol. The van der Waals surface area contributed by atoms with Crippen molar-refractivity contribution in [3.05, 3.63) is 228 Å². The number of benzene rings is 11. The third kappa shape index (κ3) is 7.23. The molecule has 0 radical (unpaired) electrons. The van der Waals surface area contributed by atoms with Crippen LogP contribution in [0.4, 0.5) is 0 Å². The summed E-state index contributed by atoms with van der Waals surface area (Å²) >= 11 is 0. The number of hydrogen-bond acceptors (Lipinski definition) is 0. The van der Waals surface area contributed by atoms with Gasteiger partial charge in [-0.3, -0.25) is 0 Å². The molecule has 368 valence electrons.